The maximum Gasteiger partial charge on any atom is 0.407 e. The third-order valence-electron chi connectivity index (χ3n) is 8.54. The van der Waals surface area contributed by atoms with E-state index < -0.39 is 40.9 Å². The first kappa shape index (κ1) is 26.7. The molecule has 2 aromatic carbocycles. The van der Waals surface area contributed by atoms with Gasteiger partial charge in [-0.2, -0.15) is 0 Å². The highest BCUT2D eigenvalue weighted by molar-refractivity contribution is 6.01. The summed E-state index contributed by atoms with van der Waals surface area (Å²) >= 11 is 0. The number of carbonyl (C=O) groups excluding carboxylic acids is 4. The van der Waals surface area contributed by atoms with E-state index in [9.17, 15) is 19.2 Å². The molecule has 2 aromatic rings. The van der Waals surface area contributed by atoms with Gasteiger partial charge in [0.05, 0.1) is 11.5 Å². The molecule has 4 fully saturated rings. The minimum atomic E-state index is -0.969. The minimum Gasteiger partial charge on any atom is -0.451 e. The van der Waals surface area contributed by atoms with Gasteiger partial charge in [0.25, 0.3) is 5.91 Å². The molecule has 3 N–H and O–H groups in total. The Morgan fingerprint density at radius 3 is 2.33 bits per heavy atom. The molecule has 3 saturated carbocycles. The molecule has 9 heteroatoms. The van der Waals surface area contributed by atoms with Crippen LogP contribution in [-0.4, -0.2) is 42.1 Å². The van der Waals surface area contributed by atoms with Crippen LogP contribution in [0.1, 0.15) is 61.9 Å². The zero-order chi connectivity index (χ0) is 27.8. The summed E-state index contributed by atoms with van der Waals surface area (Å²) in [5.74, 6) is -1.49. The number of anilines is 1. The van der Waals surface area contributed by atoms with Crippen molar-refractivity contribution < 1.29 is 28.7 Å². The molecule has 2 bridgehead atoms. The standard InChI is InChI=1S/C30H35N3O6/c1-29(2)18-33(22-10-8-21(9-11-22)25(31)34)26(35)24(29)39-27(36)23-16-19-12-14-30(23,15-13-19)32-28(37)38-17-20-6-4-3-5-7-20/h3-11,19,23-24H,12-18H2,1-2H3,(H2,31,34)(H,32,37)/t19?,23-,24-,30?/m0/s1. The lowest BCUT2D eigenvalue weighted by atomic mass is 9.59. The highest BCUT2D eigenvalue weighted by Gasteiger charge is 2.55. The Balaban J connectivity index is 1.28. The van der Waals surface area contributed by atoms with Crippen LogP contribution in [0.5, 0.6) is 0 Å². The number of hydrogen-bond donors (Lipinski definition) is 2. The fourth-order valence-electron chi connectivity index (χ4n) is 6.31. The van der Waals surface area contributed by atoms with Crippen LogP contribution in [0.3, 0.4) is 0 Å². The number of hydrogen-bond acceptors (Lipinski definition) is 6. The van der Waals surface area contributed by atoms with Gasteiger partial charge in [0.1, 0.15) is 6.61 Å². The summed E-state index contributed by atoms with van der Waals surface area (Å²) in [5, 5.41) is 3.03. The first-order valence-corrected chi connectivity index (χ1v) is 13.5. The molecule has 6 rings (SSSR count). The number of fused-ring (bicyclic) bond motifs is 3. The number of carbonyl (C=O) groups is 4. The normalized spacial score (nSPS) is 27.2. The molecule has 1 heterocycles. The Hall–Kier alpha value is -3.88. The topological polar surface area (TPSA) is 128 Å². The van der Waals surface area contributed by atoms with Crippen LogP contribution >= 0.6 is 0 Å². The van der Waals surface area contributed by atoms with Crippen molar-refractivity contribution in [2.45, 2.75) is 64.2 Å². The van der Waals surface area contributed by atoms with E-state index in [1.807, 2.05) is 44.2 Å². The van der Waals surface area contributed by atoms with Crippen LogP contribution in [-0.2, 0) is 25.7 Å². The molecule has 0 radical (unpaired) electrons. The number of nitrogens with two attached hydrogens (primary N) is 1. The van der Waals surface area contributed by atoms with Gasteiger partial charge >= 0.3 is 12.1 Å². The van der Waals surface area contributed by atoms with E-state index in [1.54, 1.807) is 29.2 Å². The predicted molar refractivity (Wildman–Crippen MR) is 144 cm³/mol. The monoisotopic (exact) mass is 533 g/mol. The number of esters is 1. The average molecular weight is 534 g/mol. The van der Waals surface area contributed by atoms with Gasteiger partial charge in [-0.25, -0.2) is 4.79 Å². The second-order valence-corrected chi connectivity index (χ2v) is 11.7. The van der Waals surface area contributed by atoms with Crippen LogP contribution in [0.25, 0.3) is 0 Å². The maximum absolute atomic E-state index is 13.7. The minimum absolute atomic E-state index is 0.140. The van der Waals surface area contributed by atoms with Crippen molar-refractivity contribution in [1.82, 2.24) is 5.32 Å². The number of amides is 3. The van der Waals surface area contributed by atoms with Gasteiger partial charge < -0.3 is 25.4 Å². The van der Waals surface area contributed by atoms with E-state index in [4.69, 9.17) is 15.2 Å². The van der Waals surface area contributed by atoms with Crippen LogP contribution < -0.4 is 16.0 Å². The number of benzene rings is 2. The largest absolute Gasteiger partial charge is 0.451 e. The third-order valence-corrected chi connectivity index (χ3v) is 8.54. The quantitative estimate of drug-likeness (QED) is 0.519. The smallest absolute Gasteiger partial charge is 0.407 e. The fourth-order valence-corrected chi connectivity index (χ4v) is 6.31. The second-order valence-electron chi connectivity index (χ2n) is 11.7. The lowest BCUT2D eigenvalue weighted by molar-refractivity contribution is -0.169. The number of nitrogens with one attached hydrogen (secondary N) is 1. The average Bonchev–Trinajstić information content (AvgIpc) is 3.16. The van der Waals surface area contributed by atoms with E-state index in [-0.39, 0.29) is 12.5 Å². The first-order chi connectivity index (χ1) is 18.6. The summed E-state index contributed by atoms with van der Waals surface area (Å²) in [6.45, 7) is 4.27. The molecule has 4 aliphatic rings. The Bertz CT molecular complexity index is 1250. The summed E-state index contributed by atoms with van der Waals surface area (Å²) in [7, 11) is 0. The molecule has 3 aliphatic carbocycles. The Labute approximate surface area is 228 Å². The summed E-state index contributed by atoms with van der Waals surface area (Å²) in [5.41, 5.74) is 5.77. The van der Waals surface area contributed by atoms with Crippen molar-refractivity contribution >= 4 is 29.6 Å². The van der Waals surface area contributed by atoms with Crippen molar-refractivity contribution in [1.29, 1.82) is 0 Å². The Morgan fingerprint density at radius 1 is 1.03 bits per heavy atom. The Kier molecular flexibility index (Phi) is 7.09. The molecule has 0 unspecified atom stereocenters. The Morgan fingerprint density at radius 2 is 1.69 bits per heavy atom. The SMILES string of the molecule is CC1(C)CN(c2ccc(C(N)=O)cc2)C(=O)[C@@H]1OC(=O)[C@@H]1CC2CCC1(NC(=O)OCc1ccccc1)CC2. The van der Waals surface area contributed by atoms with Crippen LogP contribution in [0.15, 0.2) is 54.6 Å². The van der Waals surface area contributed by atoms with Crippen molar-refractivity contribution in [2.24, 2.45) is 23.0 Å². The summed E-state index contributed by atoms with van der Waals surface area (Å²) in [4.78, 5) is 53.0. The van der Waals surface area contributed by atoms with E-state index >= 15 is 0 Å². The summed E-state index contributed by atoms with van der Waals surface area (Å²) < 4.78 is 11.5. The first-order valence-electron chi connectivity index (χ1n) is 13.5. The summed E-state index contributed by atoms with van der Waals surface area (Å²) in [6, 6.07) is 15.9. The van der Waals surface area contributed by atoms with Gasteiger partial charge in [0.2, 0.25) is 5.91 Å². The molecule has 0 spiro atoms. The molecular formula is C30H35N3O6. The molecular weight excluding hydrogens is 498 g/mol. The van der Waals surface area contributed by atoms with Gasteiger partial charge in [0.15, 0.2) is 6.10 Å². The lowest BCUT2D eigenvalue weighted by Gasteiger charge is -2.51. The van der Waals surface area contributed by atoms with E-state index in [0.29, 0.717) is 43.0 Å². The molecule has 9 nitrogen and oxygen atoms in total. The maximum atomic E-state index is 13.7. The van der Waals surface area contributed by atoms with Gasteiger partial charge in [-0.15, -0.1) is 0 Å². The molecule has 3 amide bonds. The van der Waals surface area contributed by atoms with E-state index in [2.05, 4.69) is 5.32 Å². The fraction of sp³-hybridized carbons (Fsp3) is 0.467. The highest BCUT2D eigenvalue weighted by atomic mass is 16.6. The zero-order valence-corrected chi connectivity index (χ0v) is 22.4. The number of primary amides is 1. The number of rotatable bonds is 7. The number of ether oxygens (including phenoxy) is 2. The van der Waals surface area contributed by atoms with Crippen molar-refractivity contribution in [3.63, 3.8) is 0 Å². The number of nitrogens with zero attached hydrogens (tertiary/aromatic N) is 1. The molecule has 1 aliphatic heterocycles. The lowest BCUT2D eigenvalue weighted by Crippen LogP contribution is -2.62. The van der Waals surface area contributed by atoms with Gasteiger partial charge in [-0.05, 0) is 67.9 Å². The predicted octanol–water partition coefficient (Wildman–Crippen LogP) is 3.95. The molecule has 39 heavy (non-hydrogen) atoms. The van der Waals surface area contributed by atoms with Gasteiger partial charge in [0, 0.05) is 23.2 Å². The second kappa shape index (κ2) is 10.4. The highest BCUT2D eigenvalue weighted by Crippen LogP contribution is 2.49. The molecule has 0 aromatic heterocycles. The van der Waals surface area contributed by atoms with E-state index in [1.165, 1.54) is 0 Å². The van der Waals surface area contributed by atoms with Gasteiger partial charge in [-0.3, -0.25) is 14.4 Å². The zero-order valence-electron chi connectivity index (χ0n) is 22.4. The van der Waals surface area contributed by atoms with Gasteiger partial charge in [-0.1, -0.05) is 44.2 Å². The van der Waals surface area contributed by atoms with Crippen molar-refractivity contribution in [3.8, 4) is 0 Å². The van der Waals surface area contributed by atoms with E-state index in [0.717, 1.165) is 18.4 Å². The molecule has 2 atom stereocenters. The molecule has 1 saturated heterocycles. The number of alkyl carbamates (subject to hydrolysis) is 1. The summed E-state index contributed by atoms with van der Waals surface area (Å²) in [6.07, 6.45) is 2.26. The van der Waals surface area contributed by atoms with Crippen LogP contribution in [0, 0.1) is 17.3 Å². The molecule has 206 valence electrons. The van der Waals surface area contributed by atoms with Crippen LogP contribution in [0.4, 0.5) is 10.5 Å². The van der Waals surface area contributed by atoms with Crippen molar-refractivity contribution in [2.75, 3.05) is 11.4 Å². The van der Waals surface area contributed by atoms with Crippen molar-refractivity contribution in [3.05, 3.63) is 65.7 Å². The third kappa shape index (κ3) is 5.35. The van der Waals surface area contributed by atoms with Crippen LogP contribution in [0.2, 0.25) is 0 Å².